The van der Waals surface area contributed by atoms with E-state index in [-0.39, 0.29) is 17.9 Å². The number of imidazole rings is 1. The van der Waals surface area contributed by atoms with E-state index in [0.717, 1.165) is 24.2 Å². The molecule has 3 aromatic rings. The van der Waals surface area contributed by atoms with Gasteiger partial charge in [-0.15, -0.1) is 0 Å². The molecule has 2 aromatic heterocycles. The van der Waals surface area contributed by atoms with Crippen LogP contribution in [0.25, 0.3) is 16.8 Å². The predicted octanol–water partition coefficient (Wildman–Crippen LogP) is 3.22. The second-order valence-corrected chi connectivity index (χ2v) is 9.14. The number of aliphatic imine (C=N–C) groups is 1. The van der Waals surface area contributed by atoms with Crippen molar-refractivity contribution in [1.82, 2.24) is 29.5 Å². The third-order valence-corrected chi connectivity index (χ3v) is 6.26. The number of rotatable bonds is 8. The lowest BCUT2D eigenvalue weighted by atomic mass is 10.1. The molecule has 0 radical (unpaired) electrons. The summed E-state index contributed by atoms with van der Waals surface area (Å²) in [5.41, 5.74) is 8.83. The van der Waals surface area contributed by atoms with E-state index in [9.17, 15) is 9.59 Å². The maximum Gasteiger partial charge on any atom is 0.256 e. The van der Waals surface area contributed by atoms with Crippen LogP contribution in [0.3, 0.4) is 0 Å². The van der Waals surface area contributed by atoms with Crippen LogP contribution >= 0.6 is 0 Å². The van der Waals surface area contributed by atoms with E-state index in [0.29, 0.717) is 41.5 Å². The molecule has 10 nitrogen and oxygen atoms in total. The Hall–Kier alpha value is -4.57. The number of nitrogen functional groups attached to an aromatic ring is 1. The number of likely N-dealkylation sites (N-methyl/N-ethyl adjacent to an activating group) is 1. The maximum absolute atomic E-state index is 13.0. The topological polar surface area (TPSA) is 121 Å². The number of nitrogens with zero attached hydrogens (tertiary/aromatic N) is 6. The van der Waals surface area contributed by atoms with Crippen LogP contribution in [0.15, 0.2) is 79.2 Å². The van der Waals surface area contributed by atoms with Gasteiger partial charge in [0.1, 0.15) is 28.7 Å². The van der Waals surface area contributed by atoms with Gasteiger partial charge in [0.15, 0.2) is 0 Å². The minimum atomic E-state index is -0.323. The Labute approximate surface area is 221 Å². The fourth-order valence-corrected chi connectivity index (χ4v) is 4.48. The van der Waals surface area contributed by atoms with Gasteiger partial charge in [0.2, 0.25) is 5.91 Å². The fraction of sp³-hybridized carbons (Fsp3) is 0.250. The average molecular weight is 513 g/mol. The van der Waals surface area contributed by atoms with Crippen LogP contribution in [0.4, 0.5) is 5.82 Å². The third kappa shape index (κ3) is 5.55. The van der Waals surface area contributed by atoms with Crippen molar-refractivity contribution in [2.45, 2.75) is 18.9 Å². The first-order valence-corrected chi connectivity index (χ1v) is 12.3. The fourth-order valence-electron chi connectivity index (χ4n) is 4.48. The second kappa shape index (κ2) is 11.7. The number of amidine groups is 1. The number of hydrogen-bond acceptors (Lipinski definition) is 7. The van der Waals surface area contributed by atoms with Crippen molar-refractivity contribution in [1.29, 1.82) is 0 Å². The zero-order valence-electron chi connectivity index (χ0n) is 21.7. The first-order chi connectivity index (χ1) is 18.3. The van der Waals surface area contributed by atoms with Crippen LogP contribution in [0, 0.1) is 0 Å². The molecule has 4 rings (SSSR count). The quantitative estimate of drug-likeness (QED) is 0.272. The normalized spacial score (nSPS) is 15.9. The first kappa shape index (κ1) is 26.5. The van der Waals surface area contributed by atoms with Gasteiger partial charge >= 0.3 is 0 Å². The molecular formula is C28H32N8O2. The number of carbonyl (C=O) groups is 2. The third-order valence-electron chi connectivity index (χ3n) is 6.26. The number of nitrogens with one attached hydrogen (secondary N) is 1. The van der Waals surface area contributed by atoms with Gasteiger partial charge in [-0.05, 0) is 45.1 Å². The molecule has 0 aliphatic carbocycles. The molecule has 3 N–H and O–H groups in total. The van der Waals surface area contributed by atoms with Gasteiger partial charge in [-0.3, -0.25) is 14.0 Å². The molecule has 0 unspecified atom stereocenters. The van der Waals surface area contributed by atoms with Crippen molar-refractivity contribution in [2.24, 2.45) is 4.99 Å². The van der Waals surface area contributed by atoms with E-state index in [1.807, 2.05) is 52.7 Å². The molecule has 1 aromatic carbocycles. The molecular weight excluding hydrogens is 480 g/mol. The van der Waals surface area contributed by atoms with Gasteiger partial charge in [-0.25, -0.2) is 15.0 Å². The summed E-state index contributed by atoms with van der Waals surface area (Å²) in [6.07, 6.45) is 11.4. The lowest BCUT2D eigenvalue weighted by Gasteiger charge is -2.22. The zero-order valence-corrected chi connectivity index (χ0v) is 21.7. The van der Waals surface area contributed by atoms with Gasteiger partial charge < -0.3 is 20.9 Å². The summed E-state index contributed by atoms with van der Waals surface area (Å²) in [5.74, 6) is 1.01. The van der Waals surface area contributed by atoms with Crippen molar-refractivity contribution < 1.29 is 9.59 Å². The first-order valence-electron chi connectivity index (χ1n) is 12.3. The Morgan fingerprint density at radius 3 is 2.71 bits per heavy atom. The van der Waals surface area contributed by atoms with Crippen molar-refractivity contribution in [3.05, 3.63) is 85.6 Å². The summed E-state index contributed by atoms with van der Waals surface area (Å²) >= 11 is 0. The highest BCUT2D eigenvalue weighted by Gasteiger charge is 2.33. The molecule has 1 aliphatic heterocycles. The van der Waals surface area contributed by atoms with Gasteiger partial charge in [-0.2, -0.15) is 0 Å². The van der Waals surface area contributed by atoms with Crippen molar-refractivity contribution >= 4 is 29.0 Å². The number of amides is 2. The Bertz CT molecular complexity index is 1420. The van der Waals surface area contributed by atoms with Crippen LogP contribution in [-0.4, -0.2) is 69.0 Å². The van der Waals surface area contributed by atoms with Crippen molar-refractivity contribution in [3.63, 3.8) is 0 Å². The second-order valence-electron chi connectivity index (χ2n) is 9.14. The van der Waals surface area contributed by atoms with E-state index in [4.69, 9.17) is 10.7 Å². The summed E-state index contributed by atoms with van der Waals surface area (Å²) in [4.78, 5) is 42.7. The van der Waals surface area contributed by atoms with Crippen molar-refractivity contribution in [3.8, 4) is 11.3 Å². The number of fused-ring (bicyclic) bond motifs is 1. The molecule has 1 saturated heterocycles. The van der Waals surface area contributed by atoms with Gasteiger partial charge in [0.05, 0.1) is 6.04 Å². The average Bonchev–Trinajstić information content (AvgIpc) is 3.54. The minimum absolute atomic E-state index is 0.0380. The summed E-state index contributed by atoms with van der Waals surface area (Å²) in [6.45, 7) is 8.52. The molecule has 1 atom stereocenters. The zero-order chi connectivity index (χ0) is 27.2. The number of anilines is 1. The number of hydrogen-bond donors (Lipinski definition) is 2. The highest BCUT2D eigenvalue weighted by atomic mass is 16.2. The van der Waals surface area contributed by atoms with Crippen LogP contribution in [-0.2, 0) is 4.79 Å². The molecule has 38 heavy (non-hydrogen) atoms. The van der Waals surface area contributed by atoms with E-state index < -0.39 is 0 Å². The molecule has 0 saturated carbocycles. The maximum atomic E-state index is 13.0. The van der Waals surface area contributed by atoms with Gasteiger partial charge in [-0.1, -0.05) is 31.4 Å². The Kier molecular flexibility index (Phi) is 8.12. The number of likely N-dealkylation sites (tertiary alicyclic amines) is 1. The van der Waals surface area contributed by atoms with E-state index in [2.05, 4.69) is 28.5 Å². The number of benzene rings is 1. The molecule has 3 heterocycles. The van der Waals surface area contributed by atoms with E-state index in [1.165, 1.54) is 12.3 Å². The highest BCUT2D eigenvalue weighted by Crippen LogP contribution is 2.36. The molecule has 0 spiro atoms. The molecule has 10 heteroatoms. The number of nitrogens with two attached hydrogens (primary N) is 1. The summed E-state index contributed by atoms with van der Waals surface area (Å²) in [6, 6.07) is 6.84. The SMILES string of the molecule is C=CN=C(C=C)NC(=O)c1ccc(-c2nc([C@@H]3CCCN3C(=O)/C=C/CN(C)C)n3ccnc(N)c23)cc1. The smallest absolute Gasteiger partial charge is 0.256 e. The van der Waals surface area contributed by atoms with Gasteiger partial charge in [0, 0.05) is 48.9 Å². The van der Waals surface area contributed by atoms with E-state index >= 15 is 0 Å². The Balaban J connectivity index is 1.67. The monoisotopic (exact) mass is 512 g/mol. The molecule has 1 aliphatic rings. The van der Waals surface area contributed by atoms with Crippen LogP contribution in [0.1, 0.15) is 35.1 Å². The van der Waals surface area contributed by atoms with Crippen LogP contribution in [0.2, 0.25) is 0 Å². The summed E-state index contributed by atoms with van der Waals surface area (Å²) in [5, 5.41) is 2.69. The molecule has 1 fully saturated rings. The lowest BCUT2D eigenvalue weighted by molar-refractivity contribution is -0.127. The Morgan fingerprint density at radius 1 is 1.26 bits per heavy atom. The summed E-state index contributed by atoms with van der Waals surface area (Å²) < 4.78 is 1.92. The predicted molar refractivity (Wildman–Crippen MR) is 150 cm³/mol. The number of carbonyl (C=O) groups excluding carboxylic acids is 2. The molecule has 0 bridgehead atoms. The van der Waals surface area contributed by atoms with Gasteiger partial charge in [0.25, 0.3) is 5.91 Å². The standard InChI is InChI=1S/C28H32N8O2/c1-5-22(30-6-2)32-28(38)20-13-11-19(12-14-20)24-25-26(29)31-15-18-36(25)27(33-24)21-9-7-17-35(21)23(37)10-8-16-34(3)4/h5-6,8,10-15,18,21H,1-2,7,9,16-17H2,3-4H3,(H2,29,31)(H,30,32,38)/b10-8+/t21-/m0/s1. The number of aromatic nitrogens is 3. The highest BCUT2D eigenvalue weighted by molar-refractivity contribution is 6.10. The van der Waals surface area contributed by atoms with Crippen LogP contribution in [0.5, 0.6) is 0 Å². The minimum Gasteiger partial charge on any atom is -0.382 e. The molecule has 2 amide bonds. The lowest BCUT2D eigenvalue weighted by Crippen LogP contribution is -2.30. The molecule has 196 valence electrons. The Morgan fingerprint density at radius 2 is 2.03 bits per heavy atom. The van der Waals surface area contributed by atoms with Crippen LogP contribution < -0.4 is 11.1 Å². The van der Waals surface area contributed by atoms with E-state index in [1.54, 1.807) is 24.4 Å². The van der Waals surface area contributed by atoms with Crippen molar-refractivity contribution in [2.75, 3.05) is 32.9 Å². The summed E-state index contributed by atoms with van der Waals surface area (Å²) in [7, 11) is 3.91. The largest absolute Gasteiger partial charge is 0.382 e.